The normalized spacial score (nSPS) is 18.4. The second-order valence-electron chi connectivity index (χ2n) is 16.6. The van der Waals surface area contributed by atoms with Gasteiger partial charge >= 0.3 is 5.97 Å². The lowest BCUT2D eigenvalue weighted by Gasteiger charge is -2.35. The molecule has 1 amide bonds. The summed E-state index contributed by atoms with van der Waals surface area (Å²) in [6.45, 7) is 9.92. The summed E-state index contributed by atoms with van der Waals surface area (Å²) in [5.74, 6) is -1.63. The molecule has 2 aliphatic heterocycles. The minimum Gasteiger partial charge on any atom is -0.491 e. The number of hydrogen-bond donors (Lipinski definition) is 3. The van der Waals surface area contributed by atoms with E-state index < -0.39 is 30.4 Å². The molecule has 4 aromatic carbocycles. The molecule has 13 nitrogen and oxygen atoms in total. The second kappa shape index (κ2) is 21.7. The number of amides is 1. The number of aliphatic carboxylic acids is 1. The van der Waals surface area contributed by atoms with Gasteiger partial charge in [0.25, 0.3) is 0 Å². The number of rotatable bonds is 15. The number of fused-ring (bicyclic) bond motifs is 1. The summed E-state index contributed by atoms with van der Waals surface area (Å²) in [4.78, 5) is 30.6. The minimum atomic E-state index is -1.13. The lowest BCUT2D eigenvalue weighted by atomic mass is 10.0. The predicted molar refractivity (Wildman–Crippen MR) is 253 cm³/mol. The maximum atomic E-state index is 13.5. The van der Waals surface area contributed by atoms with Gasteiger partial charge in [0, 0.05) is 96.4 Å². The van der Waals surface area contributed by atoms with Gasteiger partial charge in [-0.15, -0.1) is 0 Å². The number of anilines is 1. The summed E-state index contributed by atoms with van der Waals surface area (Å²) in [7, 11) is 0. The third-order valence-corrected chi connectivity index (χ3v) is 12.1. The van der Waals surface area contributed by atoms with E-state index in [0.29, 0.717) is 35.4 Å². The van der Waals surface area contributed by atoms with E-state index in [2.05, 4.69) is 28.3 Å². The Morgan fingerprint density at radius 1 is 0.985 bits per heavy atom. The molecule has 66 heavy (non-hydrogen) atoms. The summed E-state index contributed by atoms with van der Waals surface area (Å²) < 4.78 is 36.2. The highest BCUT2D eigenvalue weighted by Crippen LogP contribution is 2.41. The van der Waals surface area contributed by atoms with Crippen LogP contribution in [-0.2, 0) is 31.4 Å². The lowest BCUT2D eigenvalue weighted by Crippen LogP contribution is -2.48. The molecule has 0 saturated carbocycles. The van der Waals surface area contributed by atoms with Crippen LogP contribution in [0, 0.1) is 5.82 Å². The molecule has 3 N–H and O–H groups in total. The molecule has 0 spiro atoms. The number of nitrogens with zero attached hydrogens (tertiary/aromatic N) is 5. The van der Waals surface area contributed by atoms with E-state index in [-0.39, 0.29) is 30.3 Å². The number of halogens is 3. The molecule has 4 atom stereocenters. The molecule has 0 bridgehead atoms. The fourth-order valence-corrected chi connectivity index (χ4v) is 8.92. The highest BCUT2D eigenvalue weighted by molar-refractivity contribution is 6.35. The Morgan fingerprint density at radius 2 is 1.71 bits per heavy atom. The zero-order valence-electron chi connectivity index (χ0n) is 37.0. The van der Waals surface area contributed by atoms with Crippen molar-refractivity contribution < 1.29 is 43.5 Å². The number of para-hydroxylation sites is 1. The van der Waals surface area contributed by atoms with Crippen molar-refractivity contribution in [2.24, 2.45) is 0 Å². The highest BCUT2D eigenvalue weighted by Gasteiger charge is 2.45. The Balaban J connectivity index is 0.000000200. The van der Waals surface area contributed by atoms with E-state index in [9.17, 15) is 24.2 Å². The number of hydrogen-bond acceptors (Lipinski definition) is 9. The number of carbonyl (C=O) groups is 2. The molecule has 0 radical (unpaired) electrons. The van der Waals surface area contributed by atoms with Gasteiger partial charge in [0.05, 0.1) is 43.1 Å². The Kier molecular flexibility index (Phi) is 15.9. The van der Waals surface area contributed by atoms with Crippen LogP contribution in [0.2, 0.25) is 10.0 Å². The number of piperazine rings is 1. The van der Waals surface area contributed by atoms with Crippen LogP contribution in [0.3, 0.4) is 0 Å². The molecular formula is C50H54Cl2FN5O8. The maximum Gasteiger partial charge on any atom is 0.305 e. The Labute approximate surface area is 393 Å². The van der Waals surface area contributed by atoms with Gasteiger partial charge in [0.2, 0.25) is 11.7 Å². The third-order valence-electron chi connectivity index (χ3n) is 11.5. The first-order valence-corrected chi connectivity index (χ1v) is 22.6. The molecule has 0 unspecified atom stereocenters. The van der Waals surface area contributed by atoms with Gasteiger partial charge in [0.15, 0.2) is 0 Å². The van der Waals surface area contributed by atoms with Gasteiger partial charge in [-0.25, -0.2) is 9.37 Å². The quantitative estimate of drug-likeness (QED) is 0.0911. The molecule has 4 heterocycles. The Bertz CT molecular complexity index is 2600. The van der Waals surface area contributed by atoms with Crippen LogP contribution in [0.1, 0.15) is 50.9 Å². The number of ether oxygens (including phenoxy) is 3. The topological polar surface area (TPSA) is 152 Å². The second-order valence-corrected chi connectivity index (χ2v) is 17.5. The highest BCUT2D eigenvalue weighted by atomic mass is 35.5. The van der Waals surface area contributed by atoms with Crippen molar-refractivity contribution in [3.8, 4) is 16.9 Å². The van der Waals surface area contributed by atoms with Crippen LogP contribution in [0.25, 0.3) is 28.1 Å². The Morgan fingerprint density at radius 3 is 2.36 bits per heavy atom. The van der Waals surface area contributed by atoms with Crippen molar-refractivity contribution in [2.75, 3.05) is 44.3 Å². The number of aliphatic hydroxyl groups excluding tert-OH is 2. The Hall–Kier alpha value is -5.74. The largest absolute Gasteiger partial charge is 0.491 e. The molecule has 2 aromatic heterocycles. The summed E-state index contributed by atoms with van der Waals surface area (Å²) in [5, 5.41) is 30.9. The first-order chi connectivity index (χ1) is 31.7. The predicted octanol–water partition coefficient (Wildman–Crippen LogP) is 8.83. The number of aromatic nitrogens is 3. The first-order valence-electron chi connectivity index (χ1n) is 21.8. The molecule has 16 heteroatoms. The molecule has 348 valence electrons. The lowest BCUT2D eigenvalue weighted by molar-refractivity contribution is -0.189. The maximum absolute atomic E-state index is 13.5. The van der Waals surface area contributed by atoms with Crippen LogP contribution < -0.4 is 9.64 Å². The number of aliphatic hydroxyl groups is 2. The van der Waals surface area contributed by atoms with Crippen molar-refractivity contribution in [1.82, 2.24) is 19.0 Å². The van der Waals surface area contributed by atoms with E-state index in [1.54, 1.807) is 55.9 Å². The number of carbonyl (C=O) groups excluding carboxylic acids is 1. The summed E-state index contributed by atoms with van der Waals surface area (Å²) in [5.41, 5.74) is 5.47. The zero-order chi connectivity index (χ0) is 47.0. The van der Waals surface area contributed by atoms with E-state index in [1.165, 1.54) is 12.1 Å². The molecule has 0 aliphatic carbocycles. The van der Waals surface area contributed by atoms with E-state index >= 15 is 0 Å². The average Bonchev–Trinajstić information content (AvgIpc) is 4.04. The van der Waals surface area contributed by atoms with Crippen molar-refractivity contribution in [1.29, 1.82) is 0 Å². The van der Waals surface area contributed by atoms with Gasteiger partial charge < -0.3 is 48.5 Å². The van der Waals surface area contributed by atoms with Gasteiger partial charge in [0.1, 0.15) is 24.3 Å². The number of carboxylic acids is 1. The fourth-order valence-electron chi connectivity index (χ4n) is 8.36. The monoisotopic (exact) mass is 941 g/mol. The van der Waals surface area contributed by atoms with Crippen LogP contribution >= 0.6 is 23.2 Å². The smallest absolute Gasteiger partial charge is 0.305 e. The number of carboxylic acid groups (broad SMARTS) is 1. The molecule has 2 fully saturated rings. The molecule has 2 aliphatic rings. The van der Waals surface area contributed by atoms with Crippen molar-refractivity contribution in [3.05, 3.63) is 143 Å². The summed E-state index contributed by atoms with van der Waals surface area (Å²) >= 11 is 12.7. The standard InChI is InChI=1S/C26H28Cl2N4O4.C24H26FNO4/c1-19(33)31-10-12-32(13-11-31)21-3-5-22(6-4-21)34-15-23-16-35-26(36-23,17-30-9-8-29-18-30)24-7-2-20(27)14-25(24)28;1-15(2)26-21-6-4-3-5-20(21)24(16-7-9-17(25)10-8-16)22(26)12-11-18(27)13-19(28)14-23(29)30/h2-9,14,18,23H,10-13,15-17H2,1H3;3-12,15,18-19,27-28H,13-14H2,1-2H3,(H,29,30)/b;12-11+/t23-,26-;18-,19-/m00/s1. The van der Waals surface area contributed by atoms with Crippen LogP contribution in [-0.4, -0.2) is 104 Å². The third kappa shape index (κ3) is 11.8. The van der Waals surface area contributed by atoms with E-state index in [0.717, 1.165) is 65.3 Å². The van der Waals surface area contributed by atoms with Crippen molar-refractivity contribution >= 4 is 57.7 Å². The van der Waals surface area contributed by atoms with Crippen molar-refractivity contribution in [2.45, 2.75) is 70.3 Å². The molecule has 8 rings (SSSR count). The SMILES string of the molecule is CC(=O)N1CCN(c2ccc(OC[C@H]3CO[C@](Cn4ccnc4)(c4ccc(Cl)cc4Cl)O3)cc2)CC1.CC(C)n1c(/C=C/[C@H](O)C[C@H](O)CC(=O)O)c(-c2ccc(F)cc2)c2ccccc21. The van der Waals surface area contributed by atoms with Crippen LogP contribution in [0.15, 0.2) is 116 Å². The molecule has 2 saturated heterocycles. The van der Waals surface area contributed by atoms with Gasteiger partial charge in [-0.05, 0) is 80.1 Å². The molecular weight excluding hydrogens is 888 g/mol. The number of benzene rings is 4. The van der Waals surface area contributed by atoms with E-state index in [4.69, 9.17) is 42.5 Å². The minimum absolute atomic E-state index is 0.0728. The molecule has 6 aromatic rings. The number of imidazole rings is 1. The van der Waals surface area contributed by atoms with Crippen LogP contribution in [0.4, 0.5) is 10.1 Å². The van der Waals surface area contributed by atoms with Gasteiger partial charge in [-0.1, -0.05) is 65.7 Å². The summed E-state index contributed by atoms with van der Waals surface area (Å²) in [6, 6.07) is 27.6. The summed E-state index contributed by atoms with van der Waals surface area (Å²) in [6.07, 6.45) is 5.71. The van der Waals surface area contributed by atoms with Gasteiger partial charge in [-0.2, -0.15) is 0 Å². The van der Waals surface area contributed by atoms with Crippen molar-refractivity contribution in [3.63, 3.8) is 0 Å². The average molecular weight is 943 g/mol. The fraction of sp³-hybridized carbons (Fsp3) is 0.340. The van der Waals surface area contributed by atoms with Crippen LogP contribution in [0.5, 0.6) is 5.75 Å². The van der Waals surface area contributed by atoms with Gasteiger partial charge in [-0.3, -0.25) is 9.59 Å². The van der Waals surface area contributed by atoms with E-state index in [1.807, 2.05) is 70.3 Å². The zero-order valence-corrected chi connectivity index (χ0v) is 38.5. The first kappa shape index (κ1) is 48.2.